The van der Waals surface area contributed by atoms with Crippen molar-refractivity contribution in [2.45, 2.75) is 20.0 Å². The molecule has 0 spiro atoms. The van der Waals surface area contributed by atoms with E-state index in [9.17, 15) is 13.2 Å². The molecule has 1 nitrogen and oxygen atoms in total. The highest BCUT2D eigenvalue weighted by Crippen LogP contribution is 2.16. The van der Waals surface area contributed by atoms with Crippen LogP contribution in [0, 0.1) is 5.92 Å². The Kier molecular flexibility index (Phi) is 3.71. The molecule has 0 aromatic heterocycles. The van der Waals surface area contributed by atoms with Gasteiger partial charge in [-0.15, -0.1) is 0 Å². The number of ether oxygens (including phenoxy) is 1. The van der Waals surface area contributed by atoms with Crippen LogP contribution in [0.1, 0.15) is 13.8 Å². The highest BCUT2D eigenvalue weighted by Gasteiger charge is 2.29. The van der Waals surface area contributed by atoms with Crippen LogP contribution in [0.25, 0.3) is 0 Å². The summed E-state index contributed by atoms with van der Waals surface area (Å²) >= 11 is 0. The summed E-state index contributed by atoms with van der Waals surface area (Å²) in [4.78, 5) is 0. The maximum absolute atomic E-state index is 11.9. The van der Waals surface area contributed by atoms with Gasteiger partial charge in [0.25, 0.3) is 0 Å². The first-order valence-corrected chi connectivity index (χ1v) is 3.05. The number of hydrogen-bond acceptors (Lipinski definition) is 1. The van der Waals surface area contributed by atoms with Crippen LogP contribution >= 0.6 is 0 Å². The Hall–Kier alpha value is -0.250. The summed E-state index contributed by atoms with van der Waals surface area (Å²) in [7, 11) is 0. The quantitative estimate of drug-likeness (QED) is 0.606. The Morgan fingerprint density at radius 1 is 1.40 bits per heavy atom. The lowest BCUT2D eigenvalue weighted by Crippen LogP contribution is -2.25. The van der Waals surface area contributed by atoms with Crippen LogP contribution in [-0.2, 0) is 4.74 Å². The fourth-order valence-corrected chi connectivity index (χ4v) is 0.327. The van der Waals surface area contributed by atoms with Crippen LogP contribution in [-0.4, -0.2) is 19.4 Å². The molecule has 62 valence electrons. The van der Waals surface area contributed by atoms with Gasteiger partial charge in [-0.1, -0.05) is 13.8 Å². The SMILES string of the molecule is CC(C)COC(F)(F)CF. The molecule has 0 unspecified atom stereocenters. The zero-order valence-electron chi connectivity index (χ0n) is 6.03. The van der Waals surface area contributed by atoms with Crippen molar-refractivity contribution < 1.29 is 17.9 Å². The lowest BCUT2D eigenvalue weighted by atomic mass is 10.2. The second-order valence-corrected chi connectivity index (χ2v) is 2.48. The smallest absolute Gasteiger partial charge is 0.318 e. The molecule has 0 aromatic carbocycles. The second kappa shape index (κ2) is 3.81. The van der Waals surface area contributed by atoms with E-state index in [1.165, 1.54) is 0 Å². The first kappa shape index (κ1) is 9.75. The molecule has 0 aromatic rings. The van der Waals surface area contributed by atoms with Gasteiger partial charge >= 0.3 is 6.11 Å². The van der Waals surface area contributed by atoms with Crippen LogP contribution in [0.2, 0.25) is 0 Å². The maximum Gasteiger partial charge on any atom is 0.384 e. The Balaban J connectivity index is 3.46. The normalized spacial score (nSPS) is 12.6. The van der Waals surface area contributed by atoms with Gasteiger partial charge in [-0.05, 0) is 5.92 Å². The Morgan fingerprint density at radius 3 is 2.20 bits per heavy atom. The van der Waals surface area contributed by atoms with E-state index >= 15 is 0 Å². The number of halogens is 3. The highest BCUT2D eigenvalue weighted by molar-refractivity contribution is 4.49. The third-order valence-electron chi connectivity index (χ3n) is 0.783. The molecule has 0 amide bonds. The molecule has 0 N–H and O–H groups in total. The highest BCUT2D eigenvalue weighted by atomic mass is 19.3. The van der Waals surface area contributed by atoms with E-state index in [1.807, 2.05) is 0 Å². The predicted octanol–water partition coefficient (Wildman–Crippen LogP) is 2.22. The summed E-state index contributed by atoms with van der Waals surface area (Å²) in [5, 5.41) is 0. The standard InChI is InChI=1S/C6H11F3O/c1-5(2)3-10-6(8,9)4-7/h5H,3-4H2,1-2H3. The third-order valence-corrected chi connectivity index (χ3v) is 0.783. The molecule has 4 heteroatoms. The first-order valence-electron chi connectivity index (χ1n) is 3.05. The molecule has 10 heavy (non-hydrogen) atoms. The van der Waals surface area contributed by atoms with Crippen molar-refractivity contribution in [2.24, 2.45) is 5.92 Å². The van der Waals surface area contributed by atoms with Crippen LogP contribution in [0.5, 0.6) is 0 Å². The molecule has 0 heterocycles. The van der Waals surface area contributed by atoms with E-state index < -0.39 is 12.8 Å². The van der Waals surface area contributed by atoms with Crippen molar-refractivity contribution in [1.82, 2.24) is 0 Å². The molecule has 0 radical (unpaired) electrons. The average molecular weight is 156 g/mol. The zero-order valence-corrected chi connectivity index (χ0v) is 6.03. The van der Waals surface area contributed by atoms with Crippen LogP contribution in [0.3, 0.4) is 0 Å². The molecule has 0 aliphatic rings. The van der Waals surface area contributed by atoms with Gasteiger partial charge in [0.1, 0.15) is 0 Å². The zero-order chi connectivity index (χ0) is 8.20. The minimum absolute atomic E-state index is 0.00238. The molecule has 0 aliphatic carbocycles. The van der Waals surface area contributed by atoms with E-state index in [-0.39, 0.29) is 12.5 Å². The molecule has 0 aliphatic heterocycles. The van der Waals surface area contributed by atoms with Gasteiger partial charge in [-0.25, -0.2) is 4.39 Å². The third kappa shape index (κ3) is 4.61. The maximum atomic E-state index is 11.9. The van der Waals surface area contributed by atoms with Crippen molar-refractivity contribution >= 4 is 0 Å². The van der Waals surface area contributed by atoms with E-state index in [1.54, 1.807) is 13.8 Å². The van der Waals surface area contributed by atoms with Gasteiger partial charge in [0.05, 0.1) is 6.61 Å². The number of rotatable bonds is 4. The van der Waals surface area contributed by atoms with Crippen molar-refractivity contribution in [3.05, 3.63) is 0 Å². The van der Waals surface area contributed by atoms with Gasteiger partial charge in [-0.2, -0.15) is 8.78 Å². The van der Waals surface area contributed by atoms with Crippen LogP contribution in [0.15, 0.2) is 0 Å². The first-order chi connectivity index (χ1) is 4.48. The van der Waals surface area contributed by atoms with Gasteiger partial charge in [0, 0.05) is 0 Å². The summed E-state index contributed by atoms with van der Waals surface area (Å²) in [6, 6.07) is 0. The summed E-state index contributed by atoms with van der Waals surface area (Å²) in [6.45, 7) is 1.57. The van der Waals surface area contributed by atoms with E-state index in [0.29, 0.717) is 0 Å². The van der Waals surface area contributed by atoms with Crippen molar-refractivity contribution in [3.8, 4) is 0 Å². The van der Waals surface area contributed by atoms with Crippen molar-refractivity contribution in [3.63, 3.8) is 0 Å². The number of hydrogen-bond donors (Lipinski definition) is 0. The monoisotopic (exact) mass is 156 g/mol. The fourth-order valence-electron chi connectivity index (χ4n) is 0.327. The molecule has 0 fully saturated rings. The van der Waals surface area contributed by atoms with Crippen LogP contribution < -0.4 is 0 Å². The van der Waals surface area contributed by atoms with E-state index in [0.717, 1.165) is 0 Å². The van der Waals surface area contributed by atoms with Gasteiger partial charge in [-0.3, -0.25) is 0 Å². The van der Waals surface area contributed by atoms with Crippen molar-refractivity contribution in [1.29, 1.82) is 0 Å². The minimum atomic E-state index is -3.59. The summed E-state index contributed by atoms with van der Waals surface area (Å²) in [5.74, 6) is -0.00238. The molecule has 0 saturated heterocycles. The Bertz CT molecular complexity index is 93.0. The van der Waals surface area contributed by atoms with E-state index in [2.05, 4.69) is 4.74 Å². The van der Waals surface area contributed by atoms with Gasteiger partial charge in [0.15, 0.2) is 6.67 Å². The molecule has 0 bridgehead atoms. The Morgan fingerprint density at radius 2 is 1.90 bits per heavy atom. The van der Waals surface area contributed by atoms with E-state index in [4.69, 9.17) is 0 Å². The van der Waals surface area contributed by atoms with Gasteiger partial charge in [0.2, 0.25) is 0 Å². The lowest BCUT2D eigenvalue weighted by Gasteiger charge is -2.14. The summed E-state index contributed by atoms with van der Waals surface area (Å²) in [6.07, 6.45) is -3.59. The summed E-state index contributed by atoms with van der Waals surface area (Å²) in [5.41, 5.74) is 0. The topological polar surface area (TPSA) is 9.23 Å². The van der Waals surface area contributed by atoms with Crippen molar-refractivity contribution in [2.75, 3.05) is 13.3 Å². The molecular weight excluding hydrogens is 145 g/mol. The second-order valence-electron chi connectivity index (χ2n) is 2.48. The predicted molar refractivity (Wildman–Crippen MR) is 31.7 cm³/mol. The average Bonchev–Trinajstić information content (AvgIpc) is 1.85. The minimum Gasteiger partial charge on any atom is -0.318 e. The summed E-state index contributed by atoms with van der Waals surface area (Å²) < 4.78 is 39.1. The molecular formula is C6H11F3O. The number of alkyl halides is 3. The largest absolute Gasteiger partial charge is 0.384 e. The molecule has 0 rings (SSSR count). The Labute approximate surface area is 58.2 Å². The lowest BCUT2D eigenvalue weighted by molar-refractivity contribution is -0.250. The van der Waals surface area contributed by atoms with Gasteiger partial charge < -0.3 is 4.74 Å². The molecule has 0 saturated carbocycles. The van der Waals surface area contributed by atoms with Crippen LogP contribution in [0.4, 0.5) is 13.2 Å². The fraction of sp³-hybridized carbons (Fsp3) is 1.00. The molecule has 0 atom stereocenters.